The smallest absolute Gasteiger partial charge is 0.256 e. The topological polar surface area (TPSA) is 95.6 Å². The van der Waals surface area contributed by atoms with Gasteiger partial charge in [-0.25, -0.2) is 13.1 Å². The van der Waals surface area contributed by atoms with Gasteiger partial charge < -0.3 is 10.2 Å². The number of hydrogen-bond donors (Lipinski definition) is 2. The van der Waals surface area contributed by atoms with Gasteiger partial charge in [0.05, 0.1) is 10.5 Å². The molecule has 0 bridgehead atoms. The van der Waals surface area contributed by atoms with Crippen LogP contribution in [0.2, 0.25) is 0 Å². The van der Waals surface area contributed by atoms with Crippen LogP contribution in [0.25, 0.3) is 0 Å². The highest BCUT2D eigenvalue weighted by molar-refractivity contribution is 9.10. The number of benzene rings is 2. The minimum absolute atomic E-state index is 0.0259. The van der Waals surface area contributed by atoms with Crippen LogP contribution in [-0.2, 0) is 10.0 Å². The SMILES string of the molecule is CCN(CC)C(=O)c1cccc(NC(=O)c2cc(S(=O)(=O)NC3CC3)ccc2Br)c1. The molecule has 0 saturated heterocycles. The largest absolute Gasteiger partial charge is 0.339 e. The number of rotatable bonds is 8. The van der Waals surface area contributed by atoms with Crippen molar-refractivity contribution in [3.8, 4) is 0 Å². The van der Waals surface area contributed by atoms with Crippen molar-refractivity contribution in [1.29, 1.82) is 0 Å². The third-order valence-corrected chi connectivity index (χ3v) is 7.02. The van der Waals surface area contributed by atoms with Crippen LogP contribution < -0.4 is 10.0 Å². The van der Waals surface area contributed by atoms with Crippen molar-refractivity contribution in [2.45, 2.75) is 37.6 Å². The lowest BCUT2D eigenvalue weighted by molar-refractivity contribution is 0.0772. The van der Waals surface area contributed by atoms with E-state index in [9.17, 15) is 18.0 Å². The van der Waals surface area contributed by atoms with Gasteiger partial charge >= 0.3 is 0 Å². The Kier molecular flexibility index (Phi) is 6.95. The molecular weight excluding hydrogens is 470 g/mol. The van der Waals surface area contributed by atoms with Gasteiger partial charge in [-0.3, -0.25) is 9.59 Å². The zero-order chi connectivity index (χ0) is 21.9. The minimum atomic E-state index is -3.68. The zero-order valence-electron chi connectivity index (χ0n) is 16.8. The van der Waals surface area contributed by atoms with Gasteiger partial charge in [0.2, 0.25) is 10.0 Å². The molecule has 0 aromatic heterocycles. The highest BCUT2D eigenvalue weighted by Crippen LogP contribution is 2.26. The third kappa shape index (κ3) is 5.27. The maximum absolute atomic E-state index is 12.8. The van der Waals surface area contributed by atoms with Gasteiger partial charge in [-0.2, -0.15) is 0 Å². The molecule has 3 rings (SSSR count). The van der Waals surface area contributed by atoms with Gasteiger partial charge in [-0.15, -0.1) is 0 Å². The molecule has 7 nitrogen and oxygen atoms in total. The van der Waals surface area contributed by atoms with Crippen LogP contribution >= 0.6 is 15.9 Å². The average molecular weight is 494 g/mol. The number of sulfonamides is 1. The summed E-state index contributed by atoms with van der Waals surface area (Å²) in [4.78, 5) is 27.1. The van der Waals surface area contributed by atoms with Crippen molar-refractivity contribution in [2.24, 2.45) is 0 Å². The molecule has 0 unspecified atom stereocenters. The fourth-order valence-corrected chi connectivity index (χ4v) is 4.71. The van der Waals surface area contributed by atoms with Crippen molar-refractivity contribution in [1.82, 2.24) is 9.62 Å². The monoisotopic (exact) mass is 493 g/mol. The summed E-state index contributed by atoms with van der Waals surface area (Å²) in [5, 5.41) is 2.75. The Bertz CT molecular complexity index is 1060. The Morgan fingerprint density at radius 1 is 1.10 bits per heavy atom. The first-order valence-corrected chi connectivity index (χ1v) is 12.0. The van der Waals surface area contributed by atoms with E-state index in [1.165, 1.54) is 18.2 Å². The molecular formula is C21H24BrN3O4S. The highest BCUT2D eigenvalue weighted by Gasteiger charge is 2.28. The number of amides is 2. The lowest BCUT2D eigenvalue weighted by atomic mass is 10.1. The molecule has 30 heavy (non-hydrogen) atoms. The van der Waals surface area contributed by atoms with Gasteiger partial charge in [0.15, 0.2) is 0 Å². The molecule has 0 radical (unpaired) electrons. The van der Waals surface area contributed by atoms with E-state index >= 15 is 0 Å². The summed E-state index contributed by atoms with van der Waals surface area (Å²) >= 11 is 3.31. The fraction of sp³-hybridized carbons (Fsp3) is 0.333. The second-order valence-corrected chi connectivity index (χ2v) is 9.62. The number of carbonyl (C=O) groups is 2. The summed E-state index contributed by atoms with van der Waals surface area (Å²) < 4.78 is 28.0. The highest BCUT2D eigenvalue weighted by atomic mass is 79.9. The van der Waals surface area contributed by atoms with Crippen molar-refractivity contribution in [2.75, 3.05) is 18.4 Å². The van der Waals surface area contributed by atoms with Crippen LogP contribution in [0.5, 0.6) is 0 Å². The summed E-state index contributed by atoms with van der Waals surface area (Å²) in [6.07, 6.45) is 1.65. The standard InChI is InChI=1S/C21H24BrN3O4S/c1-3-25(4-2)21(27)14-6-5-7-16(12-14)23-20(26)18-13-17(10-11-19(18)22)30(28,29)24-15-8-9-15/h5-7,10-13,15,24H,3-4,8-9H2,1-2H3,(H,23,26). The molecule has 2 N–H and O–H groups in total. The lowest BCUT2D eigenvalue weighted by Crippen LogP contribution is -2.30. The Morgan fingerprint density at radius 2 is 1.80 bits per heavy atom. The molecule has 9 heteroatoms. The number of nitrogens with one attached hydrogen (secondary N) is 2. The van der Waals surface area contributed by atoms with E-state index in [4.69, 9.17) is 0 Å². The summed E-state index contributed by atoms with van der Waals surface area (Å²) in [5.74, 6) is -0.589. The Balaban J connectivity index is 1.81. The van der Waals surface area contributed by atoms with Crippen LogP contribution in [-0.4, -0.2) is 44.3 Å². The van der Waals surface area contributed by atoms with Gasteiger partial charge in [0, 0.05) is 34.9 Å². The molecule has 1 fully saturated rings. The maximum atomic E-state index is 12.8. The molecule has 160 valence electrons. The third-order valence-electron chi connectivity index (χ3n) is 4.81. The molecule has 0 aliphatic heterocycles. The Hall–Kier alpha value is -2.23. The second kappa shape index (κ2) is 9.28. The first-order chi connectivity index (χ1) is 14.2. The first-order valence-electron chi connectivity index (χ1n) is 9.77. The van der Waals surface area contributed by atoms with E-state index in [0.29, 0.717) is 28.8 Å². The molecule has 1 aliphatic rings. The van der Waals surface area contributed by atoms with Gasteiger partial charge in [-0.05, 0) is 79.0 Å². The predicted octanol–water partition coefficient (Wildman–Crippen LogP) is 3.62. The number of halogens is 1. The first kappa shape index (κ1) is 22.5. The van der Waals surface area contributed by atoms with Crippen molar-refractivity contribution >= 4 is 43.5 Å². The Labute approximate surface area is 185 Å². The normalized spacial score (nSPS) is 13.7. The van der Waals surface area contributed by atoms with Gasteiger partial charge in [0.1, 0.15) is 0 Å². The number of nitrogens with zero attached hydrogens (tertiary/aromatic N) is 1. The fourth-order valence-electron chi connectivity index (χ4n) is 2.96. The molecule has 2 aromatic rings. The van der Waals surface area contributed by atoms with E-state index < -0.39 is 15.9 Å². The van der Waals surface area contributed by atoms with Crippen molar-refractivity contribution < 1.29 is 18.0 Å². The van der Waals surface area contributed by atoms with E-state index in [-0.39, 0.29) is 22.4 Å². The zero-order valence-corrected chi connectivity index (χ0v) is 19.2. The van der Waals surface area contributed by atoms with Crippen LogP contribution in [0.4, 0.5) is 5.69 Å². The average Bonchev–Trinajstić information content (AvgIpc) is 3.52. The van der Waals surface area contributed by atoms with Gasteiger partial charge in [-0.1, -0.05) is 6.07 Å². The maximum Gasteiger partial charge on any atom is 0.256 e. The predicted molar refractivity (Wildman–Crippen MR) is 119 cm³/mol. The van der Waals surface area contributed by atoms with Crippen molar-refractivity contribution in [3.05, 3.63) is 58.1 Å². The van der Waals surface area contributed by atoms with Gasteiger partial charge in [0.25, 0.3) is 11.8 Å². The molecule has 1 aliphatic carbocycles. The Morgan fingerprint density at radius 3 is 2.43 bits per heavy atom. The molecule has 2 aromatic carbocycles. The summed E-state index contributed by atoms with van der Waals surface area (Å²) in [7, 11) is -3.68. The summed E-state index contributed by atoms with van der Waals surface area (Å²) in [6.45, 7) is 5.00. The molecule has 0 spiro atoms. The second-order valence-electron chi connectivity index (χ2n) is 7.05. The van der Waals surface area contributed by atoms with E-state index in [0.717, 1.165) is 12.8 Å². The molecule has 0 heterocycles. The minimum Gasteiger partial charge on any atom is -0.339 e. The van der Waals surface area contributed by atoms with E-state index in [2.05, 4.69) is 26.0 Å². The van der Waals surface area contributed by atoms with Crippen LogP contribution in [0.1, 0.15) is 47.4 Å². The lowest BCUT2D eigenvalue weighted by Gasteiger charge is -2.19. The molecule has 0 atom stereocenters. The molecule has 2 amide bonds. The summed E-state index contributed by atoms with van der Waals surface area (Å²) in [6, 6.07) is 11.0. The van der Waals surface area contributed by atoms with E-state index in [1.807, 2.05) is 13.8 Å². The number of carbonyl (C=O) groups excluding carboxylic acids is 2. The quantitative estimate of drug-likeness (QED) is 0.586. The van der Waals surface area contributed by atoms with E-state index in [1.54, 1.807) is 29.2 Å². The van der Waals surface area contributed by atoms with Crippen LogP contribution in [0, 0.1) is 0 Å². The molecule has 1 saturated carbocycles. The van der Waals surface area contributed by atoms with Crippen LogP contribution in [0.15, 0.2) is 51.8 Å². The van der Waals surface area contributed by atoms with Crippen LogP contribution in [0.3, 0.4) is 0 Å². The van der Waals surface area contributed by atoms with Crippen molar-refractivity contribution in [3.63, 3.8) is 0 Å². The number of hydrogen-bond acceptors (Lipinski definition) is 4. The summed E-state index contributed by atoms with van der Waals surface area (Å²) in [5.41, 5.74) is 1.11. The number of anilines is 1.